The van der Waals surface area contributed by atoms with E-state index >= 15 is 0 Å². The summed E-state index contributed by atoms with van der Waals surface area (Å²) in [6, 6.07) is 10.9. The van der Waals surface area contributed by atoms with Crippen molar-refractivity contribution in [2.75, 3.05) is 13.2 Å². The van der Waals surface area contributed by atoms with Gasteiger partial charge in [-0.15, -0.1) is 0 Å². The van der Waals surface area contributed by atoms with Gasteiger partial charge in [0.15, 0.2) is 11.5 Å². The first-order valence-electron chi connectivity index (χ1n) is 7.10. The van der Waals surface area contributed by atoms with Crippen molar-refractivity contribution in [3.8, 4) is 11.5 Å². The van der Waals surface area contributed by atoms with Gasteiger partial charge in [0, 0.05) is 25.5 Å². The number of rotatable bonds is 4. The fourth-order valence-corrected chi connectivity index (χ4v) is 2.38. The minimum atomic E-state index is -0.763. The van der Waals surface area contributed by atoms with Crippen LogP contribution in [-0.2, 0) is 11.8 Å². The molecule has 22 heavy (non-hydrogen) atoms. The highest BCUT2D eigenvalue weighted by molar-refractivity contribution is 5.81. The number of aliphatic hydroxyl groups excluding tert-OH is 1. The summed E-state index contributed by atoms with van der Waals surface area (Å²) in [4.78, 5) is 12.1. The molecule has 2 aromatic rings. The van der Waals surface area contributed by atoms with Crippen LogP contribution >= 0.6 is 0 Å². The second kappa shape index (κ2) is 6.11. The van der Waals surface area contributed by atoms with E-state index in [-0.39, 0.29) is 19.1 Å². The van der Waals surface area contributed by atoms with Gasteiger partial charge < -0.3 is 24.5 Å². The Bertz CT molecular complexity index is 668. The van der Waals surface area contributed by atoms with Crippen LogP contribution in [0.25, 0.3) is 0 Å². The monoisotopic (exact) mass is 302 g/mol. The van der Waals surface area contributed by atoms with Crippen molar-refractivity contribution in [1.82, 2.24) is 9.88 Å². The highest BCUT2D eigenvalue weighted by atomic mass is 16.6. The number of carbonyl (C=O) groups is 1. The van der Waals surface area contributed by atoms with Gasteiger partial charge in [0.1, 0.15) is 12.7 Å². The number of para-hydroxylation sites is 2. The molecule has 0 fully saturated rings. The van der Waals surface area contributed by atoms with E-state index in [1.807, 2.05) is 42.1 Å². The van der Waals surface area contributed by atoms with Crippen molar-refractivity contribution in [2.24, 2.45) is 7.05 Å². The molecular weight excluding hydrogens is 284 g/mol. The molecule has 0 radical (unpaired) electrons. The molecule has 116 valence electrons. The number of nitrogens with zero attached hydrogens (tertiary/aromatic N) is 1. The van der Waals surface area contributed by atoms with Crippen molar-refractivity contribution in [3.05, 3.63) is 48.3 Å². The van der Waals surface area contributed by atoms with Crippen LogP contribution in [0.3, 0.4) is 0 Å². The summed E-state index contributed by atoms with van der Waals surface area (Å²) in [5.74, 6) is 0.884. The van der Waals surface area contributed by atoms with Crippen LogP contribution < -0.4 is 14.8 Å². The molecule has 0 unspecified atom stereocenters. The van der Waals surface area contributed by atoms with Gasteiger partial charge in [-0.05, 0) is 24.3 Å². The molecule has 2 atom stereocenters. The van der Waals surface area contributed by atoms with Crippen LogP contribution in [0.15, 0.2) is 42.6 Å². The third-order valence-corrected chi connectivity index (χ3v) is 3.60. The zero-order chi connectivity index (χ0) is 15.5. The number of aryl methyl sites for hydroxylation is 1. The third kappa shape index (κ3) is 2.92. The number of benzene rings is 1. The van der Waals surface area contributed by atoms with Gasteiger partial charge in [-0.25, -0.2) is 0 Å². The summed E-state index contributed by atoms with van der Waals surface area (Å²) in [6.07, 6.45) is 0.367. The number of fused-ring (bicyclic) bond motifs is 1. The van der Waals surface area contributed by atoms with Gasteiger partial charge in [0.05, 0.1) is 0 Å². The average Bonchev–Trinajstić information content (AvgIpc) is 2.98. The standard InChI is InChI=1S/C16H18N2O4/c1-18-8-4-5-11(18)12(19)9-17-16(20)15-10-21-13-6-2-3-7-14(13)22-15/h2-8,12,15,19H,9-10H2,1H3,(H,17,20)/t12-,15-/m0/s1. The summed E-state index contributed by atoms with van der Waals surface area (Å²) in [6.45, 7) is 0.279. The average molecular weight is 302 g/mol. The Labute approximate surface area is 128 Å². The number of aromatic nitrogens is 1. The van der Waals surface area contributed by atoms with E-state index in [1.165, 1.54) is 0 Å². The maximum Gasteiger partial charge on any atom is 0.264 e. The molecule has 1 aliphatic rings. The lowest BCUT2D eigenvalue weighted by atomic mass is 10.2. The van der Waals surface area contributed by atoms with Gasteiger partial charge >= 0.3 is 0 Å². The van der Waals surface area contributed by atoms with Crippen molar-refractivity contribution >= 4 is 5.91 Å². The van der Waals surface area contributed by atoms with Crippen LogP contribution in [0, 0.1) is 0 Å². The molecule has 1 aliphatic heterocycles. The molecule has 0 bridgehead atoms. The highest BCUT2D eigenvalue weighted by Gasteiger charge is 2.27. The molecular formula is C16H18N2O4. The second-order valence-electron chi connectivity index (χ2n) is 5.17. The van der Waals surface area contributed by atoms with Crippen molar-refractivity contribution < 1.29 is 19.4 Å². The van der Waals surface area contributed by atoms with Gasteiger partial charge in [0.25, 0.3) is 5.91 Å². The first kappa shape index (κ1) is 14.5. The predicted molar refractivity (Wildman–Crippen MR) is 79.7 cm³/mol. The van der Waals surface area contributed by atoms with Crippen LogP contribution in [0.4, 0.5) is 0 Å². The van der Waals surface area contributed by atoms with E-state index in [9.17, 15) is 9.90 Å². The summed E-state index contributed by atoms with van der Waals surface area (Å²) in [7, 11) is 1.84. The molecule has 0 saturated heterocycles. The lowest BCUT2D eigenvalue weighted by Gasteiger charge is -2.26. The zero-order valence-electron chi connectivity index (χ0n) is 12.2. The molecule has 0 spiro atoms. The maximum atomic E-state index is 12.1. The van der Waals surface area contributed by atoms with E-state index in [0.717, 1.165) is 5.69 Å². The minimum Gasteiger partial charge on any atom is -0.485 e. The normalized spacial score (nSPS) is 17.8. The van der Waals surface area contributed by atoms with E-state index in [4.69, 9.17) is 9.47 Å². The maximum absolute atomic E-state index is 12.1. The van der Waals surface area contributed by atoms with Crippen LogP contribution in [0.5, 0.6) is 11.5 Å². The van der Waals surface area contributed by atoms with E-state index < -0.39 is 12.2 Å². The van der Waals surface area contributed by atoms with Crippen molar-refractivity contribution in [1.29, 1.82) is 0 Å². The number of hydrogen-bond acceptors (Lipinski definition) is 4. The topological polar surface area (TPSA) is 72.7 Å². The number of aliphatic hydroxyl groups is 1. The predicted octanol–water partition coefficient (Wildman–Crippen LogP) is 1.01. The van der Waals surface area contributed by atoms with Crippen LogP contribution in [-0.4, -0.2) is 34.8 Å². The van der Waals surface area contributed by atoms with Gasteiger partial charge in [-0.3, -0.25) is 4.79 Å². The third-order valence-electron chi connectivity index (χ3n) is 3.60. The molecule has 1 aromatic carbocycles. The fourth-order valence-electron chi connectivity index (χ4n) is 2.38. The quantitative estimate of drug-likeness (QED) is 0.884. The summed E-state index contributed by atoms with van der Waals surface area (Å²) >= 11 is 0. The Morgan fingerprint density at radius 2 is 2.14 bits per heavy atom. The van der Waals surface area contributed by atoms with Crippen molar-refractivity contribution in [3.63, 3.8) is 0 Å². The number of amides is 1. The Balaban J connectivity index is 1.56. The lowest BCUT2D eigenvalue weighted by molar-refractivity contribution is -0.130. The molecule has 6 nitrogen and oxygen atoms in total. The number of hydrogen-bond donors (Lipinski definition) is 2. The SMILES string of the molecule is Cn1cccc1[C@@H](O)CNC(=O)[C@@H]1COc2ccccc2O1. The van der Waals surface area contributed by atoms with Crippen LogP contribution in [0.1, 0.15) is 11.8 Å². The first-order chi connectivity index (χ1) is 10.6. The molecule has 1 amide bonds. The molecule has 2 N–H and O–H groups in total. The number of nitrogens with one attached hydrogen (secondary N) is 1. The Morgan fingerprint density at radius 3 is 2.86 bits per heavy atom. The molecule has 2 heterocycles. The number of carbonyl (C=O) groups excluding carboxylic acids is 1. The smallest absolute Gasteiger partial charge is 0.264 e. The lowest BCUT2D eigenvalue weighted by Crippen LogP contribution is -2.45. The highest BCUT2D eigenvalue weighted by Crippen LogP contribution is 2.30. The Hall–Kier alpha value is -2.47. The molecule has 1 aromatic heterocycles. The molecule has 6 heteroatoms. The zero-order valence-corrected chi connectivity index (χ0v) is 12.2. The molecule has 0 aliphatic carbocycles. The molecule has 0 saturated carbocycles. The van der Waals surface area contributed by atoms with E-state index in [2.05, 4.69) is 5.32 Å². The Morgan fingerprint density at radius 1 is 1.36 bits per heavy atom. The van der Waals surface area contributed by atoms with Crippen LogP contribution in [0.2, 0.25) is 0 Å². The summed E-state index contributed by atoms with van der Waals surface area (Å²) < 4.78 is 12.9. The van der Waals surface area contributed by atoms with Gasteiger partial charge in [-0.1, -0.05) is 12.1 Å². The Kier molecular flexibility index (Phi) is 4.02. The summed E-state index contributed by atoms with van der Waals surface area (Å²) in [5, 5.41) is 12.8. The summed E-state index contributed by atoms with van der Waals surface area (Å²) in [5.41, 5.74) is 0.742. The first-order valence-corrected chi connectivity index (χ1v) is 7.10. The molecule has 3 rings (SSSR count). The minimum absolute atomic E-state index is 0.123. The van der Waals surface area contributed by atoms with Gasteiger partial charge in [-0.2, -0.15) is 0 Å². The second-order valence-corrected chi connectivity index (χ2v) is 5.17. The number of ether oxygens (including phenoxy) is 2. The van der Waals surface area contributed by atoms with E-state index in [0.29, 0.717) is 11.5 Å². The van der Waals surface area contributed by atoms with E-state index in [1.54, 1.807) is 12.1 Å². The largest absolute Gasteiger partial charge is 0.485 e. The van der Waals surface area contributed by atoms with Gasteiger partial charge in [0.2, 0.25) is 6.10 Å². The van der Waals surface area contributed by atoms with Crippen molar-refractivity contribution in [2.45, 2.75) is 12.2 Å². The fraction of sp³-hybridized carbons (Fsp3) is 0.312.